The van der Waals surface area contributed by atoms with E-state index >= 15 is 0 Å². The van der Waals surface area contributed by atoms with Crippen molar-refractivity contribution in [3.8, 4) is 5.88 Å². The van der Waals surface area contributed by atoms with Crippen LogP contribution in [0.1, 0.15) is 44.6 Å². The van der Waals surface area contributed by atoms with E-state index in [0.717, 1.165) is 18.4 Å². The fourth-order valence-corrected chi connectivity index (χ4v) is 3.42. The highest BCUT2D eigenvalue weighted by Crippen LogP contribution is 2.27. The van der Waals surface area contributed by atoms with E-state index in [4.69, 9.17) is 14.6 Å². The van der Waals surface area contributed by atoms with Crippen molar-refractivity contribution in [2.75, 3.05) is 0 Å². The van der Waals surface area contributed by atoms with E-state index < -0.39 is 18.2 Å². The molecule has 1 aliphatic carbocycles. The maximum Gasteiger partial charge on any atom is 0.333 e. The number of nitrogens with one attached hydrogen (secondary N) is 1. The normalized spacial score (nSPS) is 26.5. The molecule has 7 heteroatoms. The zero-order valence-corrected chi connectivity index (χ0v) is 14.3. The Hall–Kier alpha value is -2.15. The first-order valence-electron chi connectivity index (χ1n) is 8.81. The van der Waals surface area contributed by atoms with Gasteiger partial charge in [-0.1, -0.05) is 13.0 Å². The summed E-state index contributed by atoms with van der Waals surface area (Å²) in [7, 11) is 0. The zero-order valence-electron chi connectivity index (χ0n) is 14.3. The second kappa shape index (κ2) is 7.82. The third kappa shape index (κ3) is 4.28. The Morgan fingerprint density at radius 3 is 2.84 bits per heavy atom. The number of carbonyl (C=O) groups is 2. The average Bonchev–Trinajstić information content (AvgIpc) is 3.23. The van der Waals surface area contributed by atoms with Crippen molar-refractivity contribution in [3.05, 3.63) is 23.9 Å². The minimum atomic E-state index is -1.03. The molecule has 1 amide bonds. The van der Waals surface area contributed by atoms with Crippen LogP contribution in [-0.4, -0.2) is 40.3 Å². The summed E-state index contributed by atoms with van der Waals surface area (Å²) in [5.74, 6) is -0.958. The quantitative estimate of drug-likeness (QED) is 0.815. The van der Waals surface area contributed by atoms with E-state index in [9.17, 15) is 9.59 Å². The lowest BCUT2D eigenvalue weighted by Crippen LogP contribution is -2.35. The molecule has 2 fully saturated rings. The van der Waals surface area contributed by atoms with E-state index in [0.29, 0.717) is 12.3 Å². The first-order chi connectivity index (χ1) is 12.0. The van der Waals surface area contributed by atoms with Crippen molar-refractivity contribution in [2.24, 2.45) is 5.92 Å². The lowest BCUT2D eigenvalue weighted by atomic mass is 10.0. The van der Waals surface area contributed by atoms with E-state index in [1.165, 1.54) is 12.8 Å². The van der Waals surface area contributed by atoms with E-state index in [2.05, 4.69) is 10.3 Å². The Bertz CT molecular complexity index is 630. The van der Waals surface area contributed by atoms with Gasteiger partial charge in [-0.25, -0.2) is 9.78 Å². The Kier molecular flexibility index (Phi) is 5.53. The van der Waals surface area contributed by atoms with Crippen molar-refractivity contribution in [2.45, 2.75) is 63.9 Å². The Balaban J connectivity index is 1.56. The topological polar surface area (TPSA) is 97.8 Å². The van der Waals surface area contributed by atoms with Gasteiger partial charge in [0.2, 0.25) is 11.8 Å². The smallest absolute Gasteiger partial charge is 0.333 e. The van der Waals surface area contributed by atoms with Gasteiger partial charge in [-0.2, -0.15) is 0 Å². The molecule has 3 rings (SSSR count). The molecule has 136 valence electrons. The van der Waals surface area contributed by atoms with Gasteiger partial charge < -0.3 is 19.9 Å². The number of aliphatic carboxylic acids is 1. The molecule has 0 radical (unpaired) electrons. The standard InChI is InChI=1S/C18H24N2O5/c1-11-9-14(25-15(11)18(22)23)16(21)20-10-12-5-4-8-19-17(12)24-13-6-2-3-7-13/h4-5,8,11,13-15H,2-3,6-7,9-10H2,1H3,(H,20,21)(H,22,23)/t11-,14-,15-/m1/s1. The molecule has 2 N–H and O–H groups in total. The highest BCUT2D eigenvalue weighted by molar-refractivity contribution is 5.82. The van der Waals surface area contributed by atoms with Crippen LogP contribution in [0.2, 0.25) is 0 Å². The molecule has 3 atom stereocenters. The number of carboxylic acid groups (broad SMARTS) is 1. The fourth-order valence-electron chi connectivity index (χ4n) is 3.42. The van der Waals surface area contributed by atoms with Crippen molar-refractivity contribution < 1.29 is 24.2 Å². The van der Waals surface area contributed by atoms with Crippen LogP contribution in [0.3, 0.4) is 0 Å². The molecule has 1 saturated carbocycles. The molecular weight excluding hydrogens is 324 g/mol. The monoisotopic (exact) mass is 348 g/mol. The van der Waals surface area contributed by atoms with Gasteiger partial charge in [0.05, 0.1) is 0 Å². The average molecular weight is 348 g/mol. The molecule has 1 aromatic heterocycles. The van der Waals surface area contributed by atoms with Crippen LogP contribution in [0.15, 0.2) is 18.3 Å². The van der Waals surface area contributed by atoms with Crippen LogP contribution >= 0.6 is 0 Å². The predicted octanol–water partition coefficient (Wildman–Crippen LogP) is 1.90. The van der Waals surface area contributed by atoms with Crippen LogP contribution in [0.4, 0.5) is 0 Å². The number of hydrogen-bond donors (Lipinski definition) is 2. The highest BCUT2D eigenvalue weighted by Gasteiger charge is 2.40. The predicted molar refractivity (Wildman–Crippen MR) is 89.0 cm³/mol. The van der Waals surface area contributed by atoms with Crippen molar-refractivity contribution in [1.29, 1.82) is 0 Å². The van der Waals surface area contributed by atoms with E-state index in [1.807, 2.05) is 6.07 Å². The molecule has 0 bridgehead atoms. The maximum atomic E-state index is 12.3. The maximum absolute atomic E-state index is 12.3. The van der Waals surface area contributed by atoms with Gasteiger partial charge in [-0.15, -0.1) is 0 Å². The Morgan fingerprint density at radius 1 is 1.40 bits per heavy atom. The number of nitrogens with zero attached hydrogens (tertiary/aromatic N) is 1. The lowest BCUT2D eigenvalue weighted by molar-refractivity contribution is -0.153. The third-order valence-electron chi connectivity index (χ3n) is 4.83. The SMILES string of the molecule is C[C@@H]1C[C@H](C(=O)NCc2cccnc2OC2CCCC2)O[C@H]1C(=O)O. The number of ether oxygens (including phenoxy) is 2. The molecule has 0 unspecified atom stereocenters. The van der Waals surface area contributed by atoms with Gasteiger partial charge in [0.25, 0.3) is 0 Å². The molecule has 1 saturated heterocycles. The minimum Gasteiger partial charge on any atom is -0.479 e. The molecule has 25 heavy (non-hydrogen) atoms. The number of rotatable bonds is 6. The first-order valence-corrected chi connectivity index (χ1v) is 8.81. The summed E-state index contributed by atoms with van der Waals surface area (Å²) in [6.45, 7) is 2.06. The molecule has 1 aromatic rings. The molecule has 0 aromatic carbocycles. The molecular formula is C18H24N2O5. The van der Waals surface area contributed by atoms with Gasteiger partial charge in [0, 0.05) is 18.3 Å². The molecule has 7 nitrogen and oxygen atoms in total. The molecule has 2 heterocycles. The second-order valence-corrected chi connectivity index (χ2v) is 6.81. The highest BCUT2D eigenvalue weighted by atomic mass is 16.5. The summed E-state index contributed by atoms with van der Waals surface area (Å²) >= 11 is 0. The van der Waals surface area contributed by atoms with Gasteiger partial charge in [0.15, 0.2) is 6.10 Å². The lowest BCUT2D eigenvalue weighted by Gasteiger charge is -2.16. The number of aromatic nitrogens is 1. The van der Waals surface area contributed by atoms with Crippen LogP contribution in [0.5, 0.6) is 5.88 Å². The second-order valence-electron chi connectivity index (χ2n) is 6.81. The van der Waals surface area contributed by atoms with Gasteiger partial charge in [-0.05, 0) is 44.1 Å². The van der Waals surface area contributed by atoms with Crippen LogP contribution in [0, 0.1) is 5.92 Å². The number of amides is 1. The fraction of sp³-hybridized carbons (Fsp3) is 0.611. The molecule has 1 aliphatic heterocycles. The first kappa shape index (κ1) is 17.7. The van der Waals surface area contributed by atoms with Crippen LogP contribution < -0.4 is 10.1 Å². The number of pyridine rings is 1. The third-order valence-corrected chi connectivity index (χ3v) is 4.83. The summed E-state index contributed by atoms with van der Waals surface area (Å²) in [5, 5.41) is 11.9. The number of carbonyl (C=O) groups excluding carboxylic acids is 1. The van der Waals surface area contributed by atoms with Crippen molar-refractivity contribution in [3.63, 3.8) is 0 Å². The summed E-state index contributed by atoms with van der Waals surface area (Å²) in [6.07, 6.45) is 5.04. The van der Waals surface area contributed by atoms with Gasteiger partial charge in [-0.3, -0.25) is 4.79 Å². The summed E-state index contributed by atoms with van der Waals surface area (Å²) in [5.41, 5.74) is 0.809. The Morgan fingerprint density at radius 2 is 2.16 bits per heavy atom. The zero-order chi connectivity index (χ0) is 17.8. The van der Waals surface area contributed by atoms with Crippen molar-refractivity contribution >= 4 is 11.9 Å². The molecule has 2 aliphatic rings. The number of hydrogen-bond acceptors (Lipinski definition) is 5. The van der Waals surface area contributed by atoms with E-state index in [1.54, 1.807) is 19.2 Å². The summed E-state index contributed by atoms with van der Waals surface area (Å²) in [4.78, 5) is 27.7. The van der Waals surface area contributed by atoms with Gasteiger partial charge >= 0.3 is 5.97 Å². The minimum absolute atomic E-state index is 0.187. The van der Waals surface area contributed by atoms with E-state index in [-0.39, 0.29) is 24.5 Å². The largest absolute Gasteiger partial charge is 0.479 e. The van der Waals surface area contributed by atoms with Gasteiger partial charge in [0.1, 0.15) is 12.2 Å². The summed E-state index contributed by atoms with van der Waals surface area (Å²) < 4.78 is 11.3. The van der Waals surface area contributed by atoms with Crippen LogP contribution in [0.25, 0.3) is 0 Å². The van der Waals surface area contributed by atoms with Crippen LogP contribution in [-0.2, 0) is 20.9 Å². The number of carboxylic acids is 1. The van der Waals surface area contributed by atoms with Crippen molar-refractivity contribution in [1.82, 2.24) is 10.3 Å². The Labute approximate surface area is 146 Å². The molecule has 0 spiro atoms. The summed E-state index contributed by atoms with van der Waals surface area (Å²) in [6, 6.07) is 3.67.